The molecule has 0 aliphatic rings. The van der Waals surface area contributed by atoms with Gasteiger partial charge in [-0.2, -0.15) is 4.31 Å². The lowest BCUT2D eigenvalue weighted by molar-refractivity contribution is -0.121. The van der Waals surface area contributed by atoms with Crippen LogP contribution in [0.15, 0.2) is 47.4 Å². The number of phenols is 1. The molecule has 0 saturated carbocycles. The maximum atomic E-state index is 12.4. The molecule has 144 valence electrons. The summed E-state index contributed by atoms with van der Waals surface area (Å²) in [6, 6.07) is 10.7. The van der Waals surface area contributed by atoms with Gasteiger partial charge in [0.2, 0.25) is 10.0 Å². The van der Waals surface area contributed by atoms with Crippen molar-refractivity contribution in [2.75, 3.05) is 13.6 Å². The first kappa shape index (κ1) is 20.4. The molecule has 9 heteroatoms. The number of amides is 2. The van der Waals surface area contributed by atoms with Gasteiger partial charge in [-0.15, -0.1) is 0 Å². The molecule has 0 unspecified atom stereocenters. The average Bonchev–Trinajstić information content (AvgIpc) is 2.62. The number of benzene rings is 2. The minimum absolute atomic E-state index is 0.00377. The van der Waals surface area contributed by atoms with Crippen molar-refractivity contribution < 1.29 is 23.1 Å². The molecule has 0 bridgehead atoms. The third-order valence-electron chi connectivity index (χ3n) is 3.81. The minimum Gasteiger partial charge on any atom is -0.507 e. The Morgan fingerprint density at radius 1 is 1.00 bits per heavy atom. The van der Waals surface area contributed by atoms with E-state index >= 15 is 0 Å². The molecule has 2 aromatic carbocycles. The smallest absolute Gasteiger partial charge is 0.273 e. The highest BCUT2D eigenvalue weighted by atomic mass is 32.2. The molecular weight excluding hydrogens is 370 g/mol. The average molecular weight is 391 g/mol. The maximum absolute atomic E-state index is 12.4. The summed E-state index contributed by atoms with van der Waals surface area (Å²) in [6.07, 6.45) is 0. The number of carbonyl (C=O) groups is 2. The number of carbonyl (C=O) groups excluding carboxylic acids is 2. The number of phenolic OH excluding ortho intramolecular Hbond substituents is 1. The first-order valence-electron chi connectivity index (χ1n) is 8.03. The van der Waals surface area contributed by atoms with Crippen LogP contribution >= 0.6 is 0 Å². The summed E-state index contributed by atoms with van der Waals surface area (Å²) in [5.41, 5.74) is 5.95. The molecule has 3 N–H and O–H groups in total. The molecule has 0 spiro atoms. The highest BCUT2D eigenvalue weighted by Crippen LogP contribution is 2.17. The predicted molar refractivity (Wildman–Crippen MR) is 99.4 cm³/mol. The molecular formula is C18H21N3O5S. The Balaban J connectivity index is 1.97. The van der Waals surface area contributed by atoms with Gasteiger partial charge in [0.15, 0.2) is 0 Å². The number of hydrazine groups is 1. The Morgan fingerprint density at radius 2 is 1.59 bits per heavy atom. The maximum Gasteiger partial charge on any atom is 0.273 e. The van der Waals surface area contributed by atoms with Crippen molar-refractivity contribution in [3.8, 4) is 5.75 Å². The zero-order valence-electron chi connectivity index (χ0n) is 15.2. The Bertz CT molecular complexity index is 955. The Hall–Kier alpha value is -2.91. The molecule has 0 heterocycles. The third kappa shape index (κ3) is 5.05. The highest BCUT2D eigenvalue weighted by Gasteiger charge is 2.23. The van der Waals surface area contributed by atoms with E-state index in [1.54, 1.807) is 25.1 Å². The zero-order valence-corrected chi connectivity index (χ0v) is 16.0. The molecule has 0 saturated heterocycles. The van der Waals surface area contributed by atoms with Crippen LogP contribution in [0.3, 0.4) is 0 Å². The van der Waals surface area contributed by atoms with Crippen LogP contribution < -0.4 is 10.9 Å². The van der Waals surface area contributed by atoms with Gasteiger partial charge >= 0.3 is 0 Å². The van der Waals surface area contributed by atoms with E-state index < -0.39 is 28.4 Å². The second-order valence-corrected chi connectivity index (χ2v) is 8.14. The lowest BCUT2D eigenvalue weighted by Crippen LogP contribution is -2.46. The monoisotopic (exact) mass is 391 g/mol. The summed E-state index contributed by atoms with van der Waals surface area (Å²) in [6.45, 7) is 3.10. The van der Waals surface area contributed by atoms with E-state index in [1.165, 1.54) is 31.3 Å². The van der Waals surface area contributed by atoms with Crippen molar-refractivity contribution in [1.82, 2.24) is 15.2 Å². The first-order valence-corrected chi connectivity index (χ1v) is 9.47. The number of aromatic hydroxyl groups is 1. The van der Waals surface area contributed by atoms with E-state index in [0.717, 1.165) is 15.4 Å². The van der Waals surface area contributed by atoms with Crippen molar-refractivity contribution in [2.24, 2.45) is 0 Å². The van der Waals surface area contributed by atoms with Crippen molar-refractivity contribution in [3.63, 3.8) is 0 Å². The fraction of sp³-hybridized carbons (Fsp3) is 0.222. The number of rotatable bonds is 5. The number of likely N-dealkylation sites (N-methyl/N-ethyl adjacent to an activating group) is 1. The number of sulfonamides is 1. The minimum atomic E-state index is -3.83. The zero-order chi connectivity index (χ0) is 20.2. The molecule has 0 aromatic heterocycles. The van der Waals surface area contributed by atoms with Crippen LogP contribution in [0.1, 0.15) is 21.5 Å². The van der Waals surface area contributed by atoms with Crippen molar-refractivity contribution in [3.05, 3.63) is 59.2 Å². The van der Waals surface area contributed by atoms with Gasteiger partial charge in [0.05, 0.1) is 17.0 Å². The van der Waals surface area contributed by atoms with E-state index in [0.29, 0.717) is 0 Å². The number of nitrogens with zero attached hydrogens (tertiary/aromatic N) is 1. The summed E-state index contributed by atoms with van der Waals surface area (Å²) < 4.78 is 25.8. The van der Waals surface area contributed by atoms with Crippen molar-refractivity contribution in [2.45, 2.75) is 18.7 Å². The largest absolute Gasteiger partial charge is 0.507 e. The first-order chi connectivity index (χ1) is 12.6. The van der Waals surface area contributed by atoms with Crippen molar-refractivity contribution >= 4 is 21.8 Å². The Morgan fingerprint density at radius 3 is 2.22 bits per heavy atom. The number of aryl methyl sites for hydroxylation is 2. The van der Waals surface area contributed by atoms with E-state index in [4.69, 9.17) is 0 Å². The molecule has 0 aliphatic heterocycles. The number of hydrogen-bond donors (Lipinski definition) is 3. The van der Waals surface area contributed by atoms with Crippen LogP contribution in [0, 0.1) is 13.8 Å². The molecule has 2 amide bonds. The normalized spacial score (nSPS) is 11.3. The topological polar surface area (TPSA) is 116 Å². The fourth-order valence-corrected chi connectivity index (χ4v) is 3.37. The molecule has 0 fully saturated rings. The lowest BCUT2D eigenvalue weighted by atomic mass is 10.1. The molecule has 0 aliphatic carbocycles. The van der Waals surface area contributed by atoms with E-state index in [9.17, 15) is 23.1 Å². The number of hydrogen-bond acceptors (Lipinski definition) is 5. The molecule has 2 aromatic rings. The molecule has 0 atom stereocenters. The van der Waals surface area contributed by atoms with Crippen LogP contribution in [0.5, 0.6) is 5.75 Å². The fourth-order valence-electron chi connectivity index (χ4n) is 2.24. The van der Waals surface area contributed by atoms with Gasteiger partial charge in [-0.3, -0.25) is 20.4 Å². The van der Waals surface area contributed by atoms with Gasteiger partial charge < -0.3 is 5.11 Å². The summed E-state index contributed by atoms with van der Waals surface area (Å²) in [5, 5.41) is 9.71. The van der Waals surface area contributed by atoms with Gasteiger partial charge in [-0.25, -0.2) is 8.42 Å². The SMILES string of the molecule is Cc1ccc(S(=O)(=O)N(C)CC(=O)NNC(=O)c2cc(C)ccc2O)cc1. The lowest BCUT2D eigenvalue weighted by Gasteiger charge is -2.17. The van der Waals surface area contributed by atoms with Crippen LogP contribution in [-0.2, 0) is 14.8 Å². The van der Waals surface area contributed by atoms with E-state index in [-0.39, 0.29) is 16.2 Å². The van der Waals surface area contributed by atoms with Gasteiger partial charge in [-0.05, 0) is 38.1 Å². The standard InChI is InChI=1S/C18H21N3O5S/c1-12-4-7-14(8-5-12)27(25,26)21(3)11-17(23)19-20-18(24)15-10-13(2)6-9-16(15)22/h4-10,22H,11H2,1-3H3,(H,19,23)(H,20,24). The number of nitrogens with one attached hydrogen (secondary N) is 2. The third-order valence-corrected chi connectivity index (χ3v) is 5.63. The summed E-state index contributed by atoms with van der Waals surface area (Å²) in [5.74, 6) is -1.67. The molecule has 2 rings (SSSR count). The van der Waals surface area contributed by atoms with Gasteiger partial charge in [0.1, 0.15) is 5.75 Å². The second kappa shape index (κ2) is 8.19. The summed E-state index contributed by atoms with van der Waals surface area (Å²) in [7, 11) is -2.57. The predicted octanol–water partition coefficient (Wildman–Crippen LogP) is 1.09. The van der Waals surface area contributed by atoms with Crippen LogP contribution in [-0.4, -0.2) is 43.2 Å². The summed E-state index contributed by atoms with van der Waals surface area (Å²) in [4.78, 5) is 24.1. The van der Waals surface area contributed by atoms with Crippen molar-refractivity contribution in [1.29, 1.82) is 0 Å². The van der Waals surface area contributed by atoms with Gasteiger partial charge in [-0.1, -0.05) is 29.3 Å². The Labute approximate surface area is 157 Å². The molecule has 27 heavy (non-hydrogen) atoms. The molecule has 8 nitrogen and oxygen atoms in total. The Kier molecular flexibility index (Phi) is 6.19. The highest BCUT2D eigenvalue weighted by molar-refractivity contribution is 7.89. The second-order valence-electron chi connectivity index (χ2n) is 6.10. The van der Waals surface area contributed by atoms with E-state index in [2.05, 4.69) is 10.9 Å². The van der Waals surface area contributed by atoms with Crippen LogP contribution in [0.2, 0.25) is 0 Å². The van der Waals surface area contributed by atoms with Crippen LogP contribution in [0.25, 0.3) is 0 Å². The quantitative estimate of drug-likeness (QED) is 0.660. The van der Waals surface area contributed by atoms with Gasteiger partial charge in [0, 0.05) is 7.05 Å². The van der Waals surface area contributed by atoms with E-state index in [1.807, 2.05) is 6.92 Å². The van der Waals surface area contributed by atoms with Gasteiger partial charge in [0.25, 0.3) is 11.8 Å². The van der Waals surface area contributed by atoms with Crippen LogP contribution in [0.4, 0.5) is 0 Å². The summed E-state index contributed by atoms with van der Waals surface area (Å²) >= 11 is 0. The molecule has 0 radical (unpaired) electrons.